The second-order valence-electron chi connectivity index (χ2n) is 2.74. The first kappa shape index (κ1) is 8.38. The lowest BCUT2D eigenvalue weighted by Crippen LogP contribution is -1.77. The average Bonchev–Trinajstić information content (AvgIpc) is 2.49. The minimum Gasteiger partial charge on any atom is -0.303 e. The summed E-state index contributed by atoms with van der Waals surface area (Å²) in [7, 11) is 0. The summed E-state index contributed by atoms with van der Waals surface area (Å²) in [6.45, 7) is 0. The molecule has 0 radical (unpaired) electrons. The van der Waals surface area contributed by atoms with Crippen molar-refractivity contribution in [2.45, 2.75) is 6.42 Å². The van der Waals surface area contributed by atoms with E-state index in [4.69, 9.17) is 0 Å². The van der Waals surface area contributed by atoms with Crippen LogP contribution in [0.25, 0.3) is 10.1 Å². The van der Waals surface area contributed by atoms with Gasteiger partial charge >= 0.3 is 0 Å². The Morgan fingerprint density at radius 3 is 3.00 bits per heavy atom. The number of halogens is 1. The molecular formula is C10H7FOS. The first-order valence-electron chi connectivity index (χ1n) is 3.92. The van der Waals surface area contributed by atoms with Crippen LogP contribution in [0.1, 0.15) is 4.88 Å². The molecule has 0 amide bonds. The van der Waals surface area contributed by atoms with E-state index in [-0.39, 0.29) is 5.82 Å². The summed E-state index contributed by atoms with van der Waals surface area (Å²) in [6.07, 6.45) is 1.21. The number of benzene rings is 1. The number of rotatable bonds is 2. The van der Waals surface area contributed by atoms with E-state index in [1.54, 1.807) is 12.1 Å². The fraction of sp³-hybridized carbons (Fsp3) is 0.100. The summed E-state index contributed by atoms with van der Waals surface area (Å²) in [6, 6.07) is 6.71. The Bertz CT molecular complexity index is 447. The molecule has 0 aliphatic rings. The van der Waals surface area contributed by atoms with Gasteiger partial charge < -0.3 is 4.79 Å². The van der Waals surface area contributed by atoms with Crippen LogP contribution in [0, 0.1) is 5.82 Å². The zero-order valence-corrected chi connectivity index (χ0v) is 7.60. The normalized spacial score (nSPS) is 10.5. The standard InChI is InChI=1S/C10H7FOS/c11-9-2-1-3-10-8(9)6-7(13-10)4-5-12/h1-3,5-6H,4H2. The number of carbonyl (C=O) groups excluding carboxylic acids is 1. The van der Waals surface area contributed by atoms with Crippen molar-refractivity contribution in [3.05, 3.63) is 35.0 Å². The second-order valence-corrected chi connectivity index (χ2v) is 3.90. The van der Waals surface area contributed by atoms with Crippen molar-refractivity contribution in [2.75, 3.05) is 0 Å². The molecule has 1 aromatic carbocycles. The number of hydrogen-bond acceptors (Lipinski definition) is 2. The molecule has 1 aromatic heterocycles. The molecule has 2 aromatic rings. The molecule has 0 atom stereocenters. The van der Waals surface area contributed by atoms with Crippen molar-refractivity contribution in [2.24, 2.45) is 0 Å². The third-order valence-corrected chi connectivity index (χ3v) is 2.97. The van der Waals surface area contributed by atoms with Gasteiger partial charge in [0.2, 0.25) is 0 Å². The van der Waals surface area contributed by atoms with Gasteiger partial charge in [-0.2, -0.15) is 0 Å². The zero-order chi connectivity index (χ0) is 9.26. The molecule has 0 bridgehead atoms. The molecule has 13 heavy (non-hydrogen) atoms. The highest BCUT2D eigenvalue weighted by atomic mass is 32.1. The highest BCUT2D eigenvalue weighted by Crippen LogP contribution is 2.27. The Balaban J connectivity index is 2.61. The molecule has 0 spiro atoms. The molecule has 0 unspecified atom stereocenters. The predicted molar refractivity (Wildman–Crippen MR) is 51.6 cm³/mol. The van der Waals surface area contributed by atoms with Gasteiger partial charge in [-0.15, -0.1) is 11.3 Å². The second kappa shape index (κ2) is 3.26. The highest BCUT2D eigenvalue weighted by molar-refractivity contribution is 7.19. The molecule has 0 aliphatic heterocycles. The topological polar surface area (TPSA) is 17.1 Å². The summed E-state index contributed by atoms with van der Waals surface area (Å²) in [5.41, 5.74) is 0. The van der Waals surface area contributed by atoms with Gasteiger partial charge in [0, 0.05) is 21.4 Å². The molecule has 2 rings (SSSR count). The predicted octanol–water partition coefficient (Wildman–Crippen LogP) is 2.78. The van der Waals surface area contributed by atoms with Crippen molar-refractivity contribution >= 4 is 27.7 Å². The van der Waals surface area contributed by atoms with Gasteiger partial charge in [-0.25, -0.2) is 4.39 Å². The van der Waals surface area contributed by atoms with E-state index in [1.807, 2.05) is 6.07 Å². The van der Waals surface area contributed by atoms with Crippen molar-refractivity contribution in [1.29, 1.82) is 0 Å². The Labute approximate surface area is 78.8 Å². The first-order chi connectivity index (χ1) is 6.31. The van der Waals surface area contributed by atoms with Crippen LogP contribution in [0.2, 0.25) is 0 Å². The number of aldehydes is 1. The molecule has 0 saturated heterocycles. The average molecular weight is 194 g/mol. The highest BCUT2D eigenvalue weighted by Gasteiger charge is 2.04. The van der Waals surface area contributed by atoms with E-state index in [1.165, 1.54) is 17.4 Å². The van der Waals surface area contributed by atoms with Gasteiger partial charge in [0.05, 0.1) is 0 Å². The number of fused-ring (bicyclic) bond motifs is 1. The van der Waals surface area contributed by atoms with Gasteiger partial charge in [0.25, 0.3) is 0 Å². The SMILES string of the molecule is O=CCc1cc2c(F)cccc2s1. The summed E-state index contributed by atoms with van der Waals surface area (Å²) in [5, 5.41) is 0.615. The van der Waals surface area contributed by atoms with Crippen molar-refractivity contribution in [3.63, 3.8) is 0 Å². The Morgan fingerprint density at radius 2 is 2.31 bits per heavy atom. The van der Waals surface area contributed by atoms with E-state index >= 15 is 0 Å². The third kappa shape index (κ3) is 1.47. The van der Waals surface area contributed by atoms with Crippen molar-refractivity contribution in [1.82, 2.24) is 0 Å². The molecular weight excluding hydrogens is 187 g/mol. The lowest BCUT2D eigenvalue weighted by molar-refractivity contribution is -0.107. The van der Waals surface area contributed by atoms with Crippen LogP contribution in [0.5, 0.6) is 0 Å². The monoisotopic (exact) mass is 194 g/mol. The lowest BCUT2D eigenvalue weighted by atomic mass is 10.2. The molecule has 1 nitrogen and oxygen atoms in total. The smallest absolute Gasteiger partial charge is 0.131 e. The minimum atomic E-state index is -0.217. The number of hydrogen-bond donors (Lipinski definition) is 0. The first-order valence-corrected chi connectivity index (χ1v) is 4.73. The Morgan fingerprint density at radius 1 is 1.46 bits per heavy atom. The van der Waals surface area contributed by atoms with Crippen LogP contribution in [0.3, 0.4) is 0 Å². The number of carbonyl (C=O) groups is 1. The lowest BCUT2D eigenvalue weighted by Gasteiger charge is -1.88. The van der Waals surface area contributed by atoms with Gasteiger partial charge in [0.1, 0.15) is 12.1 Å². The van der Waals surface area contributed by atoms with E-state index < -0.39 is 0 Å². The summed E-state index contributed by atoms with van der Waals surface area (Å²) in [5.74, 6) is -0.217. The molecule has 66 valence electrons. The summed E-state index contributed by atoms with van der Waals surface area (Å²) in [4.78, 5) is 11.2. The van der Waals surface area contributed by atoms with E-state index in [0.29, 0.717) is 11.8 Å². The molecule has 0 saturated carbocycles. The quantitative estimate of drug-likeness (QED) is 0.672. The zero-order valence-electron chi connectivity index (χ0n) is 6.79. The fourth-order valence-electron chi connectivity index (χ4n) is 1.26. The molecule has 3 heteroatoms. The molecule has 0 N–H and O–H groups in total. The minimum absolute atomic E-state index is 0.217. The van der Waals surface area contributed by atoms with Gasteiger partial charge in [0.15, 0.2) is 0 Å². The van der Waals surface area contributed by atoms with Crippen LogP contribution in [-0.4, -0.2) is 6.29 Å². The largest absolute Gasteiger partial charge is 0.303 e. The third-order valence-electron chi connectivity index (χ3n) is 1.84. The van der Waals surface area contributed by atoms with Gasteiger partial charge in [-0.3, -0.25) is 0 Å². The van der Waals surface area contributed by atoms with Crippen molar-refractivity contribution < 1.29 is 9.18 Å². The van der Waals surface area contributed by atoms with Crippen LogP contribution in [0.4, 0.5) is 4.39 Å². The van der Waals surface area contributed by atoms with E-state index in [9.17, 15) is 9.18 Å². The van der Waals surface area contributed by atoms with Crippen LogP contribution >= 0.6 is 11.3 Å². The van der Waals surface area contributed by atoms with Gasteiger partial charge in [-0.1, -0.05) is 6.07 Å². The maximum Gasteiger partial charge on any atom is 0.131 e. The molecule has 1 heterocycles. The maximum atomic E-state index is 13.2. The fourth-order valence-corrected chi connectivity index (χ4v) is 2.28. The van der Waals surface area contributed by atoms with Crippen LogP contribution in [0.15, 0.2) is 24.3 Å². The Kier molecular flexibility index (Phi) is 2.10. The summed E-state index contributed by atoms with van der Waals surface area (Å²) < 4.78 is 14.1. The van der Waals surface area contributed by atoms with E-state index in [2.05, 4.69) is 0 Å². The number of thiophene rings is 1. The molecule has 0 aliphatic carbocycles. The van der Waals surface area contributed by atoms with Crippen LogP contribution < -0.4 is 0 Å². The van der Waals surface area contributed by atoms with Crippen molar-refractivity contribution in [3.8, 4) is 0 Å². The van der Waals surface area contributed by atoms with E-state index in [0.717, 1.165) is 15.9 Å². The summed E-state index contributed by atoms with van der Waals surface area (Å²) >= 11 is 1.46. The Hall–Kier alpha value is -1.22. The van der Waals surface area contributed by atoms with Gasteiger partial charge in [-0.05, 0) is 18.2 Å². The molecule has 0 fully saturated rings. The maximum absolute atomic E-state index is 13.2. The van der Waals surface area contributed by atoms with Crippen LogP contribution in [-0.2, 0) is 11.2 Å².